The molecule has 1 fully saturated rings. The van der Waals surface area contributed by atoms with Crippen molar-refractivity contribution >= 4 is 17.4 Å². The molecule has 3 atom stereocenters. The van der Waals surface area contributed by atoms with E-state index >= 15 is 0 Å². The summed E-state index contributed by atoms with van der Waals surface area (Å²) in [7, 11) is 1.44. The van der Waals surface area contributed by atoms with Crippen molar-refractivity contribution in [2.75, 3.05) is 12.1 Å². The number of methoxy groups -OCH3 is 1. The number of nitriles is 1. The Morgan fingerprint density at radius 1 is 1.29 bits per heavy atom. The fourth-order valence-corrected chi connectivity index (χ4v) is 5.88. The van der Waals surface area contributed by atoms with Crippen molar-refractivity contribution in [3.8, 4) is 11.8 Å². The number of allylic oxidation sites excluding steroid dienone is 3. The van der Waals surface area contributed by atoms with Crippen LogP contribution in [0.3, 0.4) is 0 Å². The number of nitrogens with zero attached hydrogens (tertiary/aromatic N) is 3. The Labute approximate surface area is 182 Å². The fraction of sp³-hybridized carbons (Fsp3) is 0.480. The lowest BCUT2D eigenvalue weighted by molar-refractivity contribution is -0.143. The first-order valence-corrected chi connectivity index (χ1v) is 11.2. The van der Waals surface area contributed by atoms with Gasteiger partial charge in [0.2, 0.25) is 0 Å². The second-order valence-corrected chi connectivity index (χ2v) is 9.03. The van der Waals surface area contributed by atoms with Gasteiger partial charge in [-0.2, -0.15) is 10.4 Å². The van der Waals surface area contributed by atoms with Gasteiger partial charge >= 0.3 is 5.97 Å². The van der Waals surface area contributed by atoms with E-state index in [1.165, 1.54) is 43.9 Å². The third-order valence-corrected chi connectivity index (χ3v) is 7.39. The number of hydrogen-bond donors (Lipinski definition) is 1. The first-order valence-electron chi connectivity index (χ1n) is 11.2. The molecule has 0 radical (unpaired) electrons. The number of aromatic hydroxyl groups is 1. The van der Waals surface area contributed by atoms with E-state index in [4.69, 9.17) is 9.84 Å². The second-order valence-electron chi connectivity index (χ2n) is 9.03. The van der Waals surface area contributed by atoms with Crippen LogP contribution in [0.25, 0.3) is 0 Å². The molecule has 1 saturated carbocycles. The van der Waals surface area contributed by atoms with Crippen molar-refractivity contribution in [1.82, 2.24) is 0 Å². The number of benzene rings is 1. The van der Waals surface area contributed by atoms with Crippen LogP contribution in [0.15, 0.2) is 46.6 Å². The Bertz CT molecular complexity index is 1040. The van der Waals surface area contributed by atoms with E-state index in [0.717, 1.165) is 24.2 Å². The molecule has 0 saturated heterocycles. The van der Waals surface area contributed by atoms with Crippen molar-refractivity contribution in [3.05, 3.63) is 47.1 Å². The number of hydrazone groups is 1. The van der Waals surface area contributed by atoms with Gasteiger partial charge in [0, 0.05) is 12.0 Å². The van der Waals surface area contributed by atoms with Crippen LogP contribution >= 0.6 is 0 Å². The quantitative estimate of drug-likeness (QED) is 0.734. The number of carbonyl (C=O) groups excluding carboxylic acids is 1. The maximum Gasteiger partial charge on any atom is 0.312 e. The molecule has 6 heteroatoms. The van der Waals surface area contributed by atoms with E-state index in [0.29, 0.717) is 18.3 Å². The van der Waals surface area contributed by atoms with Crippen LogP contribution in [-0.4, -0.2) is 29.9 Å². The lowest BCUT2D eigenvalue weighted by Gasteiger charge is -2.35. The molecular weight excluding hydrogens is 390 g/mol. The second kappa shape index (κ2) is 7.88. The molecule has 5 rings (SSSR count). The van der Waals surface area contributed by atoms with Crippen LogP contribution in [0.1, 0.15) is 50.5 Å². The van der Waals surface area contributed by atoms with Gasteiger partial charge in [0.05, 0.1) is 36.0 Å². The maximum absolute atomic E-state index is 12.0. The Morgan fingerprint density at radius 3 is 2.81 bits per heavy atom. The normalized spacial score (nSPS) is 27.5. The highest BCUT2D eigenvalue weighted by Gasteiger charge is 2.46. The molecule has 0 aromatic heterocycles. The molecule has 6 nitrogen and oxygen atoms in total. The molecule has 4 aliphatic rings. The number of phenolic OH excluding ortho intramolecular Hbond substituents is 1. The van der Waals surface area contributed by atoms with E-state index in [9.17, 15) is 15.2 Å². The van der Waals surface area contributed by atoms with E-state index in [1.54, 1.807) is 12.1 Å². The van der Waals surface area contributed by atoms with Crippen molar-refractivity contribution in [2.45, 2.75) is 51.0 Å². The molecule has 1 aromatic rings. The van der Waals surface area contributed by atoms with E-state index in [1.807, 2.05) is 18.2 Å². The average Bonchev–Trinajstić information content (AvgIpc) is 3.45. The van der Waals surface area contributed by atoms with Gasteiger partial charge in [-0.3, -0.25) is 9.80 Å². The Hall–Kier alpha value is -3.07. The van der Waals surface area contributed by atoms with Crippen LogP contribution in [0, 0.1) is 29.1 Å². The summed E-state index contributed by atoms with van der Waals surface area (Å²) in [6, 6.07) is 7.52. The first-order chi connectivity index (χ1) is 15.1. The minimum atomic E-state index is -0.209. The van der Waals surface area contributed by atoms with Gasteiger partial charge < -0.3 is 9.84 Å². The molecule has 3 aliphatic carbocycles. The van der Waals surface area contributed by atoms with Crippen LogP contribution in [0.2, 0.25) is 0 Å². The number of hydrogen-bond acceptors (Lipinski definition) is 6. The summed E-state index contributed by atoms with van der Waals surface area (Å²) >= 11 is 0. The molecule has 0 spiro atoms. The summed E-state index contributed by atoms with van der Waals surface area (Å²) in [5.74, 6) is 0.524. The molecule has 1 aromatic carbocycles. The SMILES string of the molecule is COC(=O)C1C=CC2=C(CCC3C2=NN(c2ccc(C#N)c(O)c2)C3C2CCCC2)C1. The number of esters is 1. The van der Waals surface area contributed by atoms with Crippen molar-refractivity contribution < 1.29 is 14.6 Å². The summed E-state index contributed by atoms with van der Waals surface area (Å²) in [5.41, 5.74) is 4.70. The predicted octanol–water partition coefficient (Wildman–Crippen LogP) is 4.45. The summed E-state index contributed by atoms with van der Waals surface area (Å²) in [6.07, 6.45) is 11.6. The van der Waals surface area contributed by atoms with Gasteiger partial charge in [-0.05, 0) is 55.7 Å². The average molecular weight is 418 g/mol. The molecular formula is C25H27N3O3. The van der Waals surface area contributed by atoms with Gasteiger partial charge in [-0.25, -0.2) is 0 Å². The van der Waals surface area contributed by atoms with Crippen molar-refractivity contribution in [3.63, 3.8) is 0 Å². The van der Waals surface area contributed by atoms with Crippen molar-refractivity contribution in [1.29, 1.82) is 5.26 Å². The van der Waals surface area contributed by atoms with Crippen molar-refractivity contribution in [2.24, 2.45) is 22.9 Å². The van der Waals surface area contributed by atoms with Gasteiger partial charge in [0.15, 0.2) is 0 Å². The lowest BCUT2D eigenvalue weighted by Crippen LogP contribution is -2.40. The molecule has 1 aliphatic heterocycles. The number of ether oxygens (including phenoxy) is 1. The third-order valence-electron chi connectivity index (χ3n) is 7.39. The zero-order valence-electron chi connectivity index (χ0n) is 17.8. The zero-order valence-corrected chi connectivity index (χ0v) is 17.8. The molecule has 0 bridgehead atoms. The third kappa shape index (κ3) is 3.33. The van der Waals surface area contributed by atoms with Gasteiger partial charge in [-0.1, -0.05) is 30.6 Å². The Kier molecular flexibility index (Phi) is 5.05. The van der Waals surface area contributed by atoms with E-state index in [2.05, 4.69) is 11.1 Å². The highest BCUT2D eigenvalue weighted by atomic mass is 16.5. The Morgan fingerprint density at radius 2 is 2.10 bits per heavy atom. The lowest BCUT2D eigenvalue weighted by atomic mass is 9.72. The molecule has 160 valence electrons. The first kappa shape index (κ1) is 19.9. The van der Waals surface area contributed by atoms with Gasteiger partial charge in [0.25, 0.3) is 0 Å². The van der Waals surface area contributed by atoms with E-state index < -0.39 is 0 Å². The molecule has 1 heterocycles. The highest BCUT2D eigenvalue weighted by molar-refractivity contribution is 6.08. The van der Waals surface area contributed by atoms with Crippen LogP contribution < -0.4 is 5.01 Å². The largest absolute Gasteiger partial charge is 0.506 e. The monoisotopic (exact) mass is 417 g/mol. The minimum absolute atomic E-state index is 0.00127. The summed E-state index contributed by atoms with van der Waals surface area (Å²) in [5, 5.41) is 26.7. The van der Waals surface area contributed by atoms with Crippen LogP contribution in [-0.2, 0) is 9.53 Å². The smallest absolute Gasteiger partial charge is 0.312 e. The number of phenols is 1. The van der Waals surface area contributed by atoms with Crippen LogP contribution in [0.5, 0.6) is 5.75 Å². The predicted molar refractivity (Wildman–Crippen MR) is 117 cm³/mol. The number of fused-ring (bicyclic) bond motifs is 2. The zero-order chi connectivity index (χ0) is 21.5. The summed E-state index contributed by atoms with van der Waals surface area (Å²) in [6.45, 7) is 0. The van der Waals surface area contributed by atoms with Crippen LogP contribution in [0.4, 0.5) is 5.69 Å². The van der Waals surface area contributed by atoms with Gasteiger partial charge in [-0.15, -0.1) is 0 Å². The minimum Gasteiger partial charge on any atom is -0.506 e. The molecule has 0 amide bonds. The van der Waals surface area contributed by atoms with E-state index in [-0.39, 0.29) is 29.2 Å². The molecule has 1 N–H and O–H groups in total. The summed E-state index contributed by atoms with van der Waals surface area (Å²) < 4.78 is 4.95. The molecule has 31 heavy (non-hydrogen) atoms. The number of rotatable bonds is 3. The highest BCUT2D eigenvalue weighted by Crippen LogP contribution is 2.47. The number of carbonyl (C=O) groups is 1. The maximum atomic E-state index is 12.0. The Balaban J connectivity index is 1.52. The number of anilines is 1. The fourth-order valence-electron chi connectivity index (χ4n) is 5.88. The topological polar surface area (TPSA) is 85.9 Å². The molecule has 3 unspecified atom stereocenters. The summed E-state index contributed by atoms with van der Waals surface area (Å²) in [4.78, 5) is 12.0. The standard InChI is InChI=1S/C25H27N3O3/c1-31-25(30)17-8-10-20-16(12-17)7-11-21-23(20)27-28(24(21)15-4-2-3-5-15)19-9-6-18(14-26)22(29)13-19/h6,8-10,13,15,17,21,24,29H,2-5,7,11-12H2,1H3. The van der Waals surface area contributed by atoms with Gasteiger partial charge in [0.1, 0.15) is 11.8 Å².